The van der Waals surface area contributed by atoms with E-state index in [1.165, 1.54) is 36.4 Å². The van der Waals surface area contributed by atoms with Gasteiger partial charge in [-0.15, -0.1) is 13.2 Å². The first-order chi connectivity index (χ1) is 12.7. The van der Waals surface area contributed by atoms with Crippen LogP contribution in [0.2, 0.25) is 0 Å². The van der Waals surface area contributed by atoms with Crippen molar-refractivity contribution in [2.75, 3.05) is 12.3 Å². The first kappa shape index (κ1) is 20.6. The second kappa shape index (κ2) is 8.76. The van der Waals surface area contributed by atoms with Crippen molar-refractivity contribution in [2.45, 2.75) is 17.8 Å². The number of nitrogens with zero attached hydrogens (tertiary/aromatic N) is 1. The Bertz CT molecular complexity index is 868. The highest BCUT2D eigenvalue weighted by atomic mass is 32.2. The maximum Gasteiger partial charge on any atom is 0.573 e. The topological polar surface area (TPSA) is 93.8 Å². The van der Waals surface area contributed by atoms with Crippen molar-refractivity contribution < 1.29 is 26.3 Å². The first-order valence-electron chi connectivity index (χ1n) is 7.82. The summed E-state index contributed by atoms with van der Waals surface area (Å²) in [5.41, 5.74) is 6.29. The Kier molecular flexibility index (Phi) is 6.67. The Balaban J connectivity index is 1.82. The Morgan fingerprint density at radius 1 is 1.07 bits per heavy atom. The van der Waals surface area contributed by atoms with E-state index in [0.29, 0.717) is 5.56 Å². The second-order valence-corrected chi connectivity index (χ2v) is 7.56. The predicted molar refractivity (Wildman–Crippen MR) is 94.9 cm³/mol. The van der Waals surface area contributed by atoms with Crippen LogP contribution in [0, 0.1) is 0 Å². The summed E-state index contributed by atoms with van der Waals surface area (Å²) in [6.07, 6.45) is -4.74. The van der Waals surface area contributed by atoms with Crippen LogP contribution in [0.25, 0.3) is 0 Å². The van der Waals surface area contributed by atoms with E-state index in [-0.39, 0.29) is 35.4 Å². The molecule has 0 atom stereocenters. The monoisotopic (exact) mass is 401 g/mol. The summed E-state index contributed by atoms with van der Waals surface area (Å²) < 4.78 is 64.3. The van der Waals surface area contributed by atoms with Crippen LogP contribution in [-0.2, 0) is 16.4 Å². The van der Waals surface area contributed by atoms with Crippen molar-refractivity contribution >= 4 is 15.8 Å². The summed E-state index contributed by atoms with van der Waals surface area (Å²) in [6, 6.07) is 13.2. The molecule has 6 nitrogen and oxygen atoms in total. The molecule has 0 fully saturated rings. The number of rotatable bonds is 7. The van der Waals surface area contributed by atoms with Gasteiger partial charge in [-0.2, -0.15) is 0 Å². The largest absolute Gasteiger partial charge is 0.573 e. The molecule has 2 rings (SSSR count). The van der Waals surface area contributed by atoms with Gasteiger partial charge in [0.05, 0.1) is 17.2 Å². The smallest absolute Gasteiger partial charge is 0.406 e. The number of alkyl halides is 3. The van der Waals surface area contributed by atoms with Gasteiger partial charge in [0.2, 0.25) is 0 Å². The number of aliphatic imine (C=N–C) groups is 1. The molecule has 0 spiro atoms. The van der Waals surface area contributed by atoms with Gasteiger partial charge < -0.3 is 15.8 Å². The van der Waals surface area contributed by atoms with Crippen molar-refractivity contribution in [1.82, 2.24) is 5.32 Å². The van der Waals surface area contributed by atoms with E-state index in [2.05, 4.69) is 15.0 Å². The first-order valence-corrected chi connectivity index (χ1v) is 9.47. The fourth-order valence-electron chi connectivity index (χ4n) is 2.09. The van der Waals surface area contributed by atoms with Crippen molar-refractivity contribution in [2.24, 2.45) is 10.7 Å². The maximum atomic E-state index is 12.1. The van der Waals surface area contributed by atoms with Crippen LogP contribution in [0.4, 0.5) is 13.2 Å². The second-order valence-electron chi connectivity index (χ2n) is 5.45. The third-order valence-electron chi connectivity index (χ3n) is 3.37. The number of nitrogens with two attached hydrogens (primary N) is 1. The van der Waals surface area contributed by atoms with Gasteiger partial charge in [0.15, 0.2) is 15.8 Å². The summed E-state index contributed by atoms with van der Waals surface area (Å²) in [5.74, 6) is -0.446. The van der Waals surface area contributed by atoms with E-state index < -0.39 is 16.2 Å². The van der Waals surface area contributed by atoms with Crippen LogP contribution in [0.5, 0.6) is 5.75 Å². The average Bonchev–Trinajstić information content (AvgIpc) is 2.60. The minimum absolute atomic E-state index is 0.0360. The van der Waals surface area contributed by atoms with Crippen LogP contribution >= 0.6 is 0 Å². The lowest BCUT2D eigenvalue weighted by Crippen LogP contribution is -2.35. The van der Waals surface area contributed by atoms with Crippen LogP contribution in [0.15, 0.2) is 64.5 Å². The summed E-state index contributed by atoms with van der Waals surface area (Å²) in [4.78, 5) is 4.24. The van der Waals surface area contributed by atoms with Crippen molar-refractivity contribution in [1.29, 1.82) is 0 Å². The van der Waals surface area contributed by atoms with E-state index in [9.17, 15) is 21.6 Å². The molecule has 0 aliphatic rings. The third-order valence-corrected chi connectivity index (χ3v) is 5.10. The van der Waals surface area contributed by atoms with Gasteiger partial charge in [0.1, 0.15) is 5.75 Å². The lowest BCUT2D eigenvalue weighted by Gasteiger charge is -2.09. The number of nitrogens with one attached hydrogen (secondary N) is 1. The SMILES string of the molecule is NC(=NCc1ccc(OC(F)(F)F)cc1)NCCS(=O)(=O)c1ccccc1. The minimum atomic E-state index is -4.74. The Morgan fingerprint density at radius 3 is 2.30 bits per heavy atom. The van der Waals surface area contributed by atoms with Gasteiger partial charge in [-0.1, -0.05) is 30.3 Å². The predicted octanol–water partition coefficient (Wildman–Crippen LogP) is 2.46. The molecule has 0 saturated heterocycles. The van der Waals surface area contributed by atoms with Gasteiger partial charge in [-0.05, 0) is 29.8 Å². The van der Waals surface area contributed by atoms with E-state index in [1.807, 2.05) is 0 Å². The normalized spacial score (nSPS) is 12.6. The fourth-order valence-corrected chi connectivity index (χ4v) is 3.27. The zero-order valence-corrected chi connectivity index (χ0v) is 14.9. The molecule has 27 heavy (non-hydrogen) atoms. The summed E-state index contributed by atoms with van der Waals surface area (Å²) >= 11 is 0. The van der Waals surface area contributed by atoms with E-state index in [4.69, 9.17) is 5.73 Å². The Morgan fingerprint density at radius 2 is 1.70 bits per heavy atom. The molecule has 0 amide bonds. The zero-order chi connectivity index (χ0) is 19.9. The lowest BCUT2D eigenvalue weighted by atomic mass is 10.2. The molecule has 2 aromatic rings. The number of guanidine groups is 1. The Labute approximate surface area is 154 Å². The standard InChI is InChI=1S/C17H18F3N3O3S/c18-17(19,20)26-14-8-6-13(7-9-14)12-23-16(21)22-10-11-27(24,25)15-4-2-1-3-5-15/h1-9H,10-12H2,(H3,21,22,23). The summed E-state index contributed by atoms with van der Waals surface area (Å²) in [5, 5.41) is 2.70. The molecule has 146 valence electrons. The Hall–Kier alpha value is -2.75. The van der Waals surface area contributed by atoms with E-state index >= 15 is 0 Å². The van der Waals surface area contributed by atoms with Gasteiger partial charge in [-0.3, -0.25) is 0 Å². The molecule has 0 unspecified atom stereocenters. The van der Waals surface area contributed by atoms with Crippen LogP contribution < -0.4 is 15.8 Å². The highest BCUT2D eigenvalue weighted by molar-refractivity contribution is 7.91. The molecule has 2 aromatic carbocycles. The van der Waals surface area contributed by atoms with Gasteiger partial charge in [0.25, 0.3) is 0 Å². The molecule has 0 aliphatic carbocycles. The summed E-state index contributed by atoms with van der Waals surface area (Å²) in [7, 11) is -3.42. The van der Waals surface area contributed by atoms with Crippen molar-refractivity contribution in [3.63, 3.8) is 0 Å². The maximum absolute atomic E-state index is 12.1. The number of benzene rings is 2. The van der Waals surface area contributed by atoms with Crippen LogP contribution in [0.1, 0.15) is 5.56 Å². The lowest BCUT2D eigenvalue weighted by molar-refractivity contribution is -0.274. The molecule has 0 aromatic heterocycles. The highest BCUT2D eigenvalue weighted by Crippen LogP contribution is 2.22. The van der Waals surface area contributed by atoms with Crippen molar-refractivity contribution in [3.8, 4) is 5.75 Å². The van der Waals surface area contributed by atoms with Gasteiger partial charge in [-0.25, -0.2) is 13.4 Å². The molecule has 0 radical (unpaired) electrons. The molecule has 0 heterocycles. The molecule has 0 bridgehead atoms. The van der Waals surface area contributed by atoms with Crippen LogP contribution in [0.3, 0.4) is 0 Å². The summed E-state index contributed by atoms with van der Waals surface area (Å²) in [6.45, 7) is 0.196. The number of sulfone groups is 1. The fraction of sp³-hybridized carbons (Fsp3) is 0.235. The number of halogens is 3. The minimum Gasteiger partial charge on any atom is -0.406 e. The van der Waals surface area contributed by atoms with Crippen LogP contribution in [-0.4, -0.2) is 33.0 Å². The molecule has 10 heteroatoms. The quantitative estimate of drug-likeness (QED) is 0.549. The van der Waals surface area contributed by atoms with Gasteiger partial charge in [0, 0.05) is 6.54 Å². The third kappa shape index (κ3) is 7.18. The van der Waals surface area contributed by atoms with Crippen molar-refractivity contribution in [3.05, 3.63) is 60.2 Å². The van der Waals surface area contributed by atoms with E-state index in [0.717, 1.165) is 0 Å². The number of ether oxygens (including phenoxy) is 1. The molecule has 3 N–H and O–H groups in total. The number of hydrogen-bond donors (Lipinski definition) is 2. The number of hydrogen-bond acceptors (Lipinski definition) is 4. The van der Waals surface area contributed by atoms with Gasteiger partial charge >= 0.3 is 6.36 Å². The average molecular weight is 401 g/mol. The molecular formula is C17H18F3N3O3S. The zero-order valence-electron chi connectivity index (χ0n) is 14.1. The molecule has 0 saturated carbocycles. The molecular weight excluding hydrogens is 383 g/mol. The molecule has 0 aliphatic heterocycles. The van der Waals surface area contributed by atoms with E-state index in [1.54, 1.807) is 18.2 Å². The highest BCUT2D eigenvalue weighted by Gasteiger charge is 2.30.